The SMILES string of the molecule is CN=C(NCCc1ccc(Cl)nc1)NCC1CCCN1Cc1ccccc1.I. The lowest BCUT2D eigenvalue weighted by Crippen LogP contribution is -2.45. The highest BCUT2D eigenvalue weighted by atomic mass is 127. The second-order valence-electron chi connectivity index (χ2n) is 6.87. The molecule has 0 saturated carbocycles. The number of nitrogens with zero attached hydrogens (tertiary/aromatic N) is 3. The van der Waals surface area contributed by atoms with Gasteiger partial charge in [-0.1, -0.05) is 48.0 Å². The quantitative estimate of drug-likeness (QED) is 0.256. The number of pyridine rings is 1. The molecule has 1 aliphatic rings. The number of aliphatic imine (C=N–C) groups is 1. The molecule has 1 saturated heterocycles. The maximum atomic E-state index is 5.83. The molecular formula is C21H29ClIN5. The van der Waals surface area contributed by atoms with E-state index >= 15 is 0 Å². The van der Waals surface area contributed by atoms with Crippen molar-refractivity contribution in [2.24, 2.45) is 4.99 Å². The third-order valence-corrected chi connectivity index (χ3v) is 5.17. The third kappa shape index (κ3) is 7.22. The molecule has 0 spiro atoms. The Morgan fingerprint density at radius 2 is 2.00 bits per heavy atom. The van der Waals surface area contributed by atoms with Crippen LogP contribution in [0.1, 0.15) is 24.0 Å². The fraction of sp³-hybridized carbons (Fsp3) is 0.429. The van der Waals surface area contributed by atoms with Crippen molar-refractivity contribution in [1.29, 1.82) is 0 Å². The molecule has 28 heavy (non-hydrogen) atoms. The van der Waals surface area contributed by atoms with E-state index in [2.05, 4.69) is 55.8 Å². The van der Waals surface area contributed by atoms with Crippen molar-refractivity contribution in [3.63, 3.8) is 0 Å². The molecule has 2 N–H and O–H groups in total. The molecule has 1 fully saturated rings. The summed E-state index contributed by atoms with van der Waals surface area (Å²) in [5.74, 6) is 0.850. The molecule has 1 unspecified atom stereocenters. The number of nitrogens with one attached hydrogen (secondary N) is 2. The van der Waals surface area contributed by atoms with E-state index < -0.39 is 0 Å². The van der Waals surface area contributed by atoms with Gasteiger partial charge in [-0.3, -0.25) is 9.89 Å². The molecule has 1 atom stereocenters. The molecule has 152 valence electrons. The molecule has 2 aromatic rings. The van der Waals surface area contributed by atoms with Gasteiger partial charge in [-0.2, -0.15) is 0 Å². The van der Waals surface area contributed by atoms with Crippen LogP contribution in [0, 0.1) is 0 Å². The fourth-order valence-electron chi connectivity index (χ4n) is 3.47. The molecule has 5 nitrogen and oxygen atoms in total. The van der Waals surface area contributed by atoms with Crippen molar-refractivity contribution in [3.8, 4) is 0 Å². The van der Waals surface area contributed by atoms with E-state index in [-0.39, 0.29) is 24.0 Å². The van der Waals surface area contributed by atoms with Gasteiger partial charge in [0.25, 0.3) is 0 Å². The van der Waals surface area contributed by atoms with Crippen LogP contribution in [0.15, 0.2) is 53.7 Å². The van der Waals surface area contributed by atoms with Crippen LogP contribution >= 0.6 is 35.6 Å². The molecule has 1 aliphatic heterocycles. The van der Waals surface area contributed by atoms with E-state index in [9.17, 15) is 0 Å². The average Bonchev–Trinajstić information content (AvgIpc) is 3.14. The maximum absolute atomic E-state index is 5.83. The lowest BCUT2D eigenvalue weighted by atomic mass is 10.2. The number of aromatic nitrogens is 1. The van der Waals surface area contributed by atoms with Crippen molar-refractivity contribution in [2.45, 2.75) is 31.8 Å². The van der Waals surface area contributed by atoms with E-state index in [0.29, 0.717) is 11.2 Å². The van der Waals surface area contributed by atoms with E-state index in [0.717, 1.165) is 44.1 Å². The standard InChI is InChI=1S/C21H28ClN5.HI/c1-23-21(24-12-11-17-9-10-20(22)25-14-17)26-15-19-8-5-13-27(19)16-18-6-3-2-4-7-18;/h2-4,6-7,9-10,14,19H,5,8,11-13,15-16H2,1H3,(H2,23,24,26);1H. The largest absolute Gasteiger partial charge is 0.356 e. The zero-order valence-electron chi connectivity index (χ0n) is 16.3. The minimum Gasteiger partial charge on any atom is -0.356 e. The average molecular weight is 514 g/mol. The molecule has 7 heteroatoms. The van der Waals surface area contributed by atoms with Crippen LogP contribution in [0.5, 0.6) is 0 Å². The summed E-state index contributed by atoms with van der Waals surface area (Å²) in [7, 11) is 1.82. The zero-order valence-corrected chi connectivity index (χ0v) is 19.4. The number of halogens is 2. The molecule has 1 aromatic heterocycles. The highest BCUT2D eigenvalue weighted by Gasteiger charge is 2.24. The summed E-state index contributed by atoms with van der Waals surface area (Å²) in [5.41, 5.74) is 2.54. The Bertz CT molecular complexity index is 723. The molecule has 1 aromatic carbocycles. The van der Waals surface area contributed by atoms with Gasteiger partial charge in [-0.15, -0.1) is 24.0 Å². The Hall–Kier alpha value is -1.38. The predicted molar refractivity (Wildman–Crippen MR) is 128 cm³/mol. The summed E-state index contributed by atoms with van der Waals surface area (Å²) >= 11 is 5.83. The second kappa shape index (κ2) is 12.2. The van der Waals surface area contributed by atoms with Crippen LogP contribution in [0.2, 0.25) is 5.15 Å². The van der Waals surface area contributed by atoms with Crippen LogP contribution in [0.4, 0.5) is 0 Å². The first-order valence-electron chi connectivity index (χ1n) is 9.57. The molecule has 0 aliphatic carbocycles. The first kappa shape index (κ1) is 22.9. The van der Waals surface area contributed by atoms with Crippen LogP contribution < -0.4 is 10.6 Å². The molecule has 0 radical (unpaired) electrons. The summed E-state index contributed by atoms with van der Waals surface area (Å²) in [6, 6.07) is 15.1. The molecule has 0 bridgehead atoms. The first-order valence-corrected chi connectivity index (χ1v) is 9.95. The zero-order chi connectivity index (χ0) is 18.9. The number of guanidine groups is 1. The Morgan fingerprint density at radius 3 is 2.71 bits per heavy atom. The van der Waals surface area contributed by atoms with Gasteiger partial charge in [0, 0.05) is 38.9 Å². The molecule has 3 rings (SSSR count). The topological polar surface area (TPSA) is 52.6 Å². The van der Waals surface area contributed by atoms with Crippen LogP contribution in [-0.2, 0) is 13.0 Å². The highest BCUT2D eigenvalue weighted by molar-refractivity contribution is 14.0. The lowest BCUT2D eigenvalue weighted by molar-refractivity contribution is 0.245. The lowest BCUT2D eigenvalue weighted by Gasteiger charge is -2.25. The van der Waals surface area contributed by atoms with Crippen molar-refractivity contribution in [2.75, 3.05) is 26.7 Å². The van der Waals surface area contributed by atoms with E-state index in [4.69, 9.17) is 11.6 Å². The minimum atomic E-state index is 0. The van der Waals surface area contributed by atoms with E-state index in [1.807, 2.05) is 25.4 Å². The molecular weight excluding hydrogens is 485 g/mol. The van der Waals surface area contributed by atoms with Gasteiger partial charge in [0.2, 0.25) is 0 Å². The Morgan fingerprint density at radius 1 is 1.18 bits per heavy atom. The molecule has 2 heterocycles. The minimum absolute atomic E-state index is 0. The van der Waals surface area contributed by atoms with Gasteiger partial charge in [-0.05, 0) is 43.0 Å². The van der Waals surface area contributed by atoms with Gasteiger partial charge >= 0.3 is 0 Å². The van der Waals surface area contributed by atoms with Gasteiger partial charge in [0.05, 0.1) is 0 Å². The van der Waals surface area contributed by atoms with Crippen LogP contribution in [0.25, 0.3) is 0 Å². The number of rotatable bonds is 7. The Balaban J connectivity index is 0.00000280. The smallest absolute Gasteiger partial charge is 0.191 e. The number of benzene rings is 1. The number of likely N-dealkylation sites (tertiary alicyclic amines) is 1. The van der Waals surface area contributed by atoms with Crippen LogP contribution in [-0.4, -0.2) is 48.6 Å². The van der Waals surface area contributed by atoms with Crippen molar-refractivity contribution in [3.05, 3.63) is 64.9 Å². The third-order valence-electron chi connectivity index (χ3n) is 4.95. The number of hydrogen-bond donors (Lipinski definition) is 2. The maximum Gasteiger partial charge on any atom is 0.191 e. The highest BCUT2D eigenvalue weighted by Crippen LogP contribution is 2.19. The van der Waals surface area contributed by atoms with E-state index in [1.165, 1.54) is 18.4 Å². The summed E-state index contributed by atoms with van der Waals surface area (Å²) in [6.45, 7) is 3.90. The summed E-state index contributed by atoms with van der Waals surface area (Å²) in [5, 5.41) is 7.39. The van der Waals surface area contributed by atoms with Gasteiger partial charge < -0.3 is 10.6 Å². The summed E-state index contributed by atoms with van der Waals surface area (Å²) in [4.78, 5) is 11.0. The number of hydrogen-bond acceptors (Lipinski definition) is 3. The second-order valence-corrected chi connectivity index (χ2v) is 7.26. The monoisotopic (exact) mass is 513 g/mol. The van der Waals surface area contributed by atoms with Gasteiger partial charge in [0.15, 0.2) is 5.96 Å². The molecule has 0 amide bonds. The van der Waals surface area contributed by atoms with Gasteiger partial charge in [0.1, 0.15) is 5.15 Å². The van der Waals surface area contributed by atoms with Gasteiger partial charge in [-0.25, -0.2) is 4.98 Å². The van der Waals surface area contributed by atoms with E-state index in [1.54, 1.807) is 0 Å². The van der Waals surface area contributed by atoms with Crippen molar-refractivity contribution >= 4 is 41.5 Å². The predicted octanol–water partition coefficient (Wildman–Crippen LogP) is 3.73. The fourth-order valence-corrected chi connectivity index (χ4v) is 3.58. The van der Waals surface area contributed by atoms with Crippen LogP contribution in [0.3, 0.4) is 0 Å². The first-order chi connectivity index (χ1) is 13.2. The normalized spacial score (nSPS) is 17.2. The Kier molecular flexibility index (Phi) is 10.0. The Labute approximate surface area is 190 Å². The summed E-state index contributed by atoms with van der Waals surface area (Å²) in [6.07, 6.45) is 5.19. The van der Waals surface area contributed by atoms with Crippen molar-refractivity contribution in [1.82, 2.24) is 20.5 Å². The van der Waals surface area contributed by atoms with Crippen molar-refractivity contribution < 1.29 is 0 Å². The summed E-state index contributed by atoms with van der Waals surface area (Å²) < 4.78 is 0.